The summed E-state index contributed by atoms with van der Waals surface area (Å²) in [6.45, 7) is 27.4. The zero-order valence-corrected chi connectivity index (χ0v) is 50.3. The SMILES string of the molecule is CC(C)(C)c1cc(-c2nc(-c3cc(C(C)(C)C)cc(C(C)(C)C)c3)nc(-c3cc(-c4cc(-c5ccccc5)nc(-c5ccccc5)n4)ccc3-n3c4ccccc4c4c3ccc3c5ccccc5n(-c5ccccc5)c34)n2)cc(C(C)(C)C)c1. The predicted octanol–water partition coefficient (Wildman–Crippen LogP) is 20.0. The van der Waals surface area contributed by atoms with Crippen LogP contribution in [0.1, 0.15) is 105 Å². The van der Waals surface area contributed by atoms with E-state index < -0.39 is 0 Å². The van der Waals surface area contributed by atoms with E-state index in [0.717, 1.165) is 89.0 Å². The number of benzene rings is 9. The van der Waals surface area contributed by atoms with Crippen LogP contribution in [0.2, 0.25) is 0 Å². The number of aromatic nitrogens is 7. The first-order valence-electron chi connectivity index (χ1n) is 29.4. The summed E-state index contributed by atoms with van der Waals surface area (Å²) in [6, 6.07) is 76.3. The molecule has 4 heterocycles. The first kappa shape index (κ1) is 53.9. The van der Waals surface area contributed by atoms with Gasteiger partial charge in [0.15, 0.2) is 23.3 Å². The highest BCUT2D eigenvalue weighted by molar-refractivity contribution is 6.26. The highest BCUT2D eigenvalue weighted by Gasteiger charge is 2.28. The average Bonchev–Trinajstić information content (AvgIpc) is 1.82. The lowest BCUT2D eigenvalue weighted by Crippen LogP contribution is -2.17. The fraction of sp³-hybridized carbons (Fsp3) is 0.208. The van der Waals surface area contributed by atoms with Crippen molar-refractivity contribution in [3.05, 3.63) is 235 Å². The summed E-state index contributed by atoms with van der Waals surface area (Å²) in [7, 11) is 0. The summed E-state index contributed by atoms with van der Waals surface area (Å²) in [5, 5.41) is 4.70. The quantitative estimate of drug-likeness (QED) is 0.152. The first-order valence-corrected chi connectivity index (χ1v) is 29.4. The fourth-order valence-electron chi connectivity index (χ4n) is 11.8. The molecule has 13 aromatic rings. The molecule has 0 atom stereocenters. The minimum Gasteiger partial charge on any atom is -0.309 e. The lowest BCUT2D eigenvalue weighted by atomic mass is 9.79. The van der Waals surface area contributed by atoms with Crippen molar-refractivity contribution in [2.45, 2.75) is 105 Å². The molecule has 84 heavy (non-hydrogen) atoms. The van der Waals surface area contributed by atoms with Crippen LogP contribution in [0.25, 0.3) is 123 Å². The molecule has 0 saturated carbocycles. The molecule has 0 radical (unpaired) electrons. The van der Waals surface area contributed by atoms with Crippen molar-refractivity contribution in [1.29, 1.82) is 0 Å². The molecule has 7 nitrogen and oxygen atoms in total. The second kappa shape index (κ2) is 20.2. The molecule has 9 aromatic carbocycles. The summed E-state index contributed by atoms with van der Waals surface area (Å²) in [4.78, 5) is 27.7. The van der Waals surface area contributed by atoms with Crippen LogP contribution in [-0.4, -0.2) is 34.1 Å². The Bertz CT molecular complexity index is 4460. The number of para-hydroxylation sites is 3. The number of nitrogens with zero attached hydrogens (tertiary/aromatic N) is 7. The first-order chi connectivity index (χ1) is 40.2. The average molecular weight is 1090 g/mol. The highest BCUT2D eigenvalue weighted by atomic mass is 15.1. The largest absolute Gasteiger partial charge is 0.309 e. The molecule has 0 aliphatic heterocycles. The van der Waals surface area contributed by atoms with Crippen LogP contribution in [0.15, 0.2) is 212 Å². The van der Waals surface area contributed by atoms with E-state index in [-0.39, 0.29) is 21.7 Å². The van der Waals surface area contributed by atoms with Gasteiger partial charge in [0, 0.05) is 60.6 Å². The Kier molecular flexibility index (Phi) is 13.0. The van der Waals surface area contributed by atoms with E-state index in [9.17, 15) is 0 Å². The van der Waals surface area contributed by atoms with Gasteiger partial charge in [0.25, 0.3) is 0 Å². The molecular weight excluding hydrogens is 1020 g/mol. The van der Waals surface area contributed by atoms with Gasteiger partial charge in [-0.1, -0.05) is 223 Å². The van der Waals surface area contributed by atoms with Crippen LogP contribution < -0.4 is 0 Å². The Morgan fingerprint density at radius 2 is 0.726 bits per heavy atom. The normalized spacial score (nSPS) is 12.5. The van der Waals surface area contributed by atoms with Gasteiger partial charge in [-0.3, -0.25) is 0 Å². The van der Waals surface area contributed by atoms with Gasteiger partial charge in [0.05, 0.1) is 39.1 Å². The minimum absolute atomic E-state index is 0.151. The van der Waals surface area contributed by atoms with Crippen LogP contribution in [0.5, 0.6) is 0 Å². The smallest absolute Gasteiger partial charge is 0.166 e. The molecular formula is C77H71N7. The molecule has 0 unspecified atom stereocenters. The van der Waals surface area contributed by atoms with Crippen molar-refractivity contribution in [3.63, 3.8) is 0 Å². The Morgan fingerprint density at radius 1 is 0.286 bits per heavy atom. The summed E-state index contributed by atoms with van der Waals surface area (Å²) in [5.74, 6) is 2.41. The third kappa shape index (κ3) is 9.85. The van der Waals surface area contributed by atoms with Crippen molar-refractivity contribution < 1.29 is 0 Å². The molecule has 0 saturated heterocycles. The monoisotopic (exact) mass is 1090 g/mol. The molecule has 0 spiro atoms. The van der Waals surface area contributed by atoms with Crippen LogP contribution in [-0.2, 0) is 21.7 Å². The maximum Gasteiger partial charge on any atom is 0.166 e. The summed E-state index contributed by atoms with van der Waals surface area (Å²) >= 11 is 0. The van der Waals surface area contributed by atoms with E-state index in [4.69, 9.17) is 24.9 Å². The molecule has 13 rings (SSSR count). The van der Waals surface area contributed by atoms with E-state index in [1.54, 1.807) is 0 Å². The van der Waals surface area contributed by atoms with E-state index in [1.807, 2.05) is 24.3 Å². The molecule has 4 aromatic heterocycles. The molecule has 7 heteroatoms. The van der Waals surface area contributed by atoms with Gasteiger partial charge in [-0.05, 0) is 117 Å². The number of fused-ring (bicyclic) bond motifs is 7. The summed E-state index contributed by atoms with van der Waals surface area (Å²) < 4.78 is 4.87. The number of hydrogen-bond acceptors (Lipinski definition) is 5. The van der Waals surface area contributed by atoms with Crippen molar-refractivity contribution >= 4 is 43.6 Å². The molecule has 0 N–H and O–H groups in total. The third-order valence-corrected chi connectivity index (χ3v) is 16.6. The van der Waals surface area contributed by atoms with E-state index in [1.165, 1.54) is 33.0 Å². The van der Waals surface area contributed by atoms with Crippen molar-refractivity contribution in [3.8, 4) is 79.4 Å². The zero-order chi connectivity index (χ0) is 58.5. The zero-order valence-electron chi connectivity index (χ0n) is 50.3. The van der Waals surface area contributed by atoms with Gasteiger partial charge in [0.2, 0.25) is 0 Å². The predicted molar refractivity (Wildman–Crippen MR) is 352 cm³/mol. The number of rotatable bonds is 8. The van der Waals surface area contributed by atoms with Crippen LogP contribution in [0.4, 0.5) is 0 Å². The lowest BCUT2D eigenvalue weighted by molar-refractivity contribution is 0.568. The van der Waals surface area contributed by atoms with E-state index >= 15 is 0 Å². The van der Waals surface area contributed by atoms with E-state index in [2.05, 4.69) is 280 Å². The molecule has 0 bridgehead atoms. The lowest BCUT2D eigenvalue weighted by Gasteiger charge is -2.26. The van der Waals surface area contributed by atoms with Gasteiger partial charge >= 0.3 is 0 Å². The second-order valence-electron chi connectivity index (χ2n) is 26.7. The van der Waals surface area contributed by atoms with Gasteiger partial charge in [-0.25, -0.2) is 24.9 Å². The van der Waals surface area contributed by atoms with Gasteiger partial charge in [-0.2, -0.15) is 0 Å². The van der Waals surface area contributed by atoms with Crippen molar-refractivity contribution in [1.82, 2.24) is 34.1 Å². The van der Waals surface area contributed by atoms with Crippen molar-refractivity contribution in [2.75, 3.05) is 0 Å². The minimum atomic E-state index is -0.151. The Labute approximate surface area is 493 Å². The van der Waals surface area contributed by atoms with Crippen LogP contribution >= 0.6 is 0 Å². The van der Waals surface area contributed by atoms with Gasteiger partial charge in [-0.15, -0.1) is 0 Å². The second-order valence-corrected chi connectivity index (χ2v) is 26.7. The topological polar surface area (TPSA) is 74.3 Å². The molecule has 414 valence electrons. The highest BCUT2D eigenvalue weighted by Crippen LogP contribution is 2.45. The third-order valence-electron chi connectivity index (χ3n) is 16.6. The van der Waals surface area contributed by atoms with Crippen molar-refractivity contribution in [2.24, 2.45) is 0 Å². The maximum atomic E-state index is 5.74. The van der Waals surface area contributed by atoms with Crippen LogP contribution in [0, 0.1) is 0 Å². The fourth-order valence-corrected chi connectivity index (χ4v) is 11.8. The molecule has 0 aliphatic rings. The molecule has 0 fully saturated rings. The van der Waals surface area contributed by atoms with Gasteiger partial charge in [0.1, 0.15) is 0 Å². The standard InChI is InChI=1S/C77H71N7/c1-74(2,3)53-40-51(41-54(45-53)75(4,5)6)71-80-72(52-42-55(76(7,8)9)46-56(43-52)77(10,11)12)82-73(81-71)61-44-50(63-47-62(48-26-16-13-17-27-48)78-70(79-63)49-28-18-14-19-29-49)36-38-66(61)84-65-35-25-23-33-60(65)68-67(84)39-37-59-58-32-22-24-34-64(58)83(69(59)68)57-30-20-15-21-31-57/h13-47H,1-12H3. The van der Waals surface area contributed by atoms with E-state index in [0.29, 0.717) is 23.3 Å². The number of hydrogen-bond donors (Lipinski definition) is 0. The maximum absolute atomic E-state index is 5.74. The summed E-state index contributed by atoms with van der Waals surface area (Å²) in [5.41, 5.74) is 17.9. The van der Waals surface area contributed by atoms with Gasteiger partial charge < -0.3 is 9.13 Å². The molecule has 0 amide bonds. The Balaban J connectivity index is 1.17. The van der Waals surface area contributed by atoms with Crippen LogP contribution in [0.3, 0.4) is 0 Å². The Hall–Kier alpha value is -9.33. The molecule has 0 aliphatic carbocycles. The summed E-state index contributed by atoms with van der Waals surface area (Å²) in [6.07, 6.45) is 0. The Morgan fingerprint density at radius 3 is 1.26 bits per heavy atom.